The molecule has 8 heteroatoms. The number of rotatable bonds is 8. The number of nitrogen functional groups attached to an aromatic ring is 1. The van der Waals surface area contributed by atoms with Gasteiger partial charge in [0.15, 0.2) is 5.82 Å². The van der Waals surface area contributed by atoms with E-state index in [4.69, 9.17) is 15.9 Å². The van der Waals surface area contributed by atoms with Crippen molar-refractivity contribution in [3.05, 3.63) is 70.9 Å². The highest BCUT2D eigenvalue weighted by Crippen LogP contribution is 2.30. The molecule has 0 bridgehead atoms. The van der Waals surface area contributed by atoms with Crippen LogP contribution < -0.4 is 15.8 Å². The van der Waals surface area contributed by atoms with Gasteiger partial charge in [0.2, 0.25) is 5.88 Å². The van der Waals surface area contributed by atoms with Crippen LogP contribution in [0.2, 0.25) is 0 Å². The van der Waals surface area contributed by atoms with Crippen LogP contribution in [0.5, 0.6) is 5.88 Å². The first kappa shape index (κ1) is 21.2. The highest BCUT2D eigenvalue weighted by molar-refractivity contribution is 6.16. The summed E-state index contributed by atoms with van der Waals surface area (Å²) >= 11 is 0. The summed E-state index contributed by atoms with van der Waals surface area (Å²) in [4.78, 5) is 12.3. The van der Waals surface area contributed by atoms with E-state index in [0.29, 0.717) is 11.4 Å². The van der Waals surface area contributed by atoms with Gasteiger partial charge in [-0.1, -0.05) is 37.6 Å². The summed E-state index contributed by atoms with van der Waals surface area (Å²) in [6.45, 7) is 4.17. The average Bonchev–Trinajstić information content (AvgIpc) is 2.73. The van der Waals surface area contributed by atoms with E-state index >= 15 is 0 Å². The number of aryl methyl sites for hydroxylation is 1. The predicted molar refractivity (Wildman–Crippen MR) is 116 cm³/mol. The summed E-state index contributed by atoms with van der Waals surface area (Å²) in [5.74, 6) is -0.239. The van der Waals surface area contributed by atoms with Crippen molar-refractivity contribution < 1.29 is 9.13 Å². The molecule has 3 rings (SSSR count). The van der Waals surface area contributed by atoms with Crippen molar-refractivity contribution in [3.63, 3.8) is 0 Å². The highest BCUT2D eigenvalue weighted by Gasteiger charge is 2.21. The van der Waals surface area contributed by atoms with Gasteiger partial charge in [-0.05, 0) is 30.5 Å². The number of benzene rings is 1. The van der Waals surface area contributed by atoms with E-state index in [1.807, 2.05) is 12.1 Å². The summed E-state index contributed by atoms with van der Waals surface area (Å²) in [7, 11) is 1.33. The maximum absolute atomic E-state index is 14.1. The summed E-state index contributed by atoms with van der Waals surface area (Å²) in [5.41, 5.74) is 8.93. The number of hydrogen-bond donors (Lipinski definition) is 3. The van der Waals surface area contributed by atoms with Gasteiger partial charge in [-0.25, -0.2) is 19.3 Å². The van der Waals surface area contributed by atoms with Crippen molar-refractivity contribution in [2.24, 2.45) is 0 Å². The Kier molecular flexibility index (Phi) is 6.56. The van der Waals surface area contributed by atoms with Crippen LogP contribution in [0.25, 0.3) is 0 Å². The molecule has 0 spiro atoms. The zero-order chi connectivity index (χ0) is 21.7. The van der Waals surface area contributed by atoms with Crippen LogP contribution in [-0.2, 0) is 0 Å². The van der Waals surface area contributed by atoms with Gasteiger partial charge in [0, 0.05) is 11.8 Å². The molecule has 0 radical (unpaired) electrons. The molecule has 0 aliphatic carbocycles. The fraction of sp³-hybridized carbons (Fsp3) is 0.273. The SMILES string of the molecule is CCCC(Nc1ncnc(N)c1C(=N)c1cnc(OC)c(F)c1)c1ccccc1C. The number of hydrogen-bond acceptors (Lipinski definition) is 7. The predicted octanol–water partition coefficient (Wildman–Crippen LogP) is 4.28. The molecule has 4 N–H and O–H groups in total. The molecule has 0 saturated heterocycles. The van der Waals surface area contributed by atoms with Gasteiger partial charge < -0.3 is 15.8 Å². The third kappa shape index (κ3) is 4.37. The van der Waals surface area contributed by atoms with Gasteiger partial charge in [-0.15, -0.1) is 0 Å². The molecule has 0 saturated carbocycles. The topological polar surface area (TPSA) is 110 Å². The zero-order valence-corrected chi connectivity index (χ0v) is 17.2. The van der Waals surface area contributed by atoms with E-state index in [-0.39, 0.29) is 29.0 Å². The molecule has 1 unspecified atom stereocenters. The number of aromatic nitrogens is 3. The lowest BCUT2D eigenvalue weighted by Gasteiger charge is -2.23. The number of nitrogens with two attached hydrogens (primary N) is 1. The molecule has 0 aliphatic heterocycles. The summed E-state index contributed by atoms with van der Waals surface area (Å²) in [5, 5.41) is 12.0. The molecule has 156 valence electrons. The minimum Gasteiger partial charge on any atom is -0.479 e. The molecule has 2 aromatic heterocycles. The van der Waals surface area contributed by atoms with Crippen LogP contribution in [0.3, 0.4) is 0 Å². The Morgan fingerprint density at radius 2 is 2.03 bits per heavy atom. The Hall–Kier alpha value is -3.55. The minimum atomic E-state index is -0.659. The molecule has 7 nitrogen and oxygen atoms in total. The summed E-state index contributed by atoms with van der Waals surface area (Å²) in [6.07, 6.45) is 4.53. The van der Waals surface area contributed by atoms with Crippen molar-refractivity contribution in [1.29, 1.82) is 5.41 Å². The van der Waals surface area contributed by atoms with Crippen LogP contribution in [0, 0.1) is 18.2 Å². The normalized spacial score (nSPS) is 11.7. The van der Waals surface area contributed by atoms with E-state index in [9.17, 15) is 4.39 Å². The zero-order valence-electron chi connectivity index (χ0n) is 17.2. The van der Waals surface area contributed by atoms with Crippen LogP contribution in [-0.4, -0.2) is 27.8 Å². The fourth-order valence-electron chi connectivity index (χ4n) is 3.35. The number of nitrogens with one attached hydrogen (secondary N) is 2. The molecule has 0 aliphatic rings. The smallest absolute Gasteiger partial charge is 0.250 e. The lowest BCUT2D eigenvalue weighted by Crippen LogP contribution is -2.18. The third-order valence-corrected chi connectivity index (χ3v) is 4.87. The first-order valence-electron chi connectivity index (χ1n) is 9.67. The number of halogens is 1. The van der Waals surface area contributed by atoms with Crippen molar-refractivity contribution in [2.75, 3.05) is 18.2 Å². The molecule has 3 aromatic rings. The van der Waals surface area contributed by atoms with Crippen molar-refractivity contribution >= 4 is 17.3 Å². The maximum Gasteiger partial charge on any atom is 0.250 e. The number of anilines is 2. The number of methoxy groups -OCH3 is 1. The Balaban J connectivity index is 2.01. The minimum absolute atomic E-state index is 0.0234. The van der Waals surface area contributed by atoms with Crippen molar-refractivity contribution in [3.8, 4) is 5.88 Å². The number of pyridine rings is 1. The van der Waals surface area contributed by atoms with E-state index < -0.39 is 5.82 Å². The Labute approximate surface area is 175 Å². The van der Waals surface area contributed by atoms with Gasteiger partial charge in [0.25, 0.3) is 0 Å². The molecule has 1 atom stereocenters. The van der Waals surface area contributed by atoms with Gasteiger partial charge in [0.05, 0.1) is 24.4 Å². The Bertz CT molecular complexity index is 1060. The number of ether oxygens (including phenoxy) is 1. The third-order valence-electron chi connectivity index (χ3n) is 4.87. The quantitative estimate of drug-likeness (QED) is 0.480. The second-order valence-electron chi connectivity index (χ2n) is 6.91. The second kappa shape index (κ2) is 9.30. The van der Waals surface area contributed by atoms with E-state index in [0.717, 1.165) is 24.0 Å². The molecule has 0 amide bonds. The summed E-state index contributed by atoms with van der Waals surface area (Å²) < 4.78 is 19.0. The lowest BCUT2D eigenvalue weighted by atomic mass is 9.97. The Morgan fingerprint density at radius 3 is 2.70 bits per heavy atom. The standard InChI is InChI=1S/C22H25FN6O/c1-4-7-17(15-9-6-5-8-13(15)2)29-21-18(20(25)27-12-28-21)19(24)14-10-16(23)22(30-3)26-11-14/h5-6,8-12,17,24H,4,7H2,1-3H3,(H3,25,27,28,29). The van der Waals surface area contributed by atoms with Gasteiger partial charge >= 0.3 is 0 Å². The van der Waals surface area contributed by atoms with Crippen LogP contribution in [0.4, 0.5) is 16.0 Å². The van der Waals surface area contributed by atoms with Crippen molar-refractivity contribution in [1.82, 2.24) is 15.0 Å². The van der Waals surface area contributed by atoms with Gasteiger partial charge in [-0.3, -0.25) is 5.41 Å². The largest absolute Gasteiger partial charge is 0.479 e. The first-order chi connectivity index (χ1) is 14.5. The molecular weight excluding hydrogens is 383 g/mol. The highest BCUT2D eigenvalue weighted by atomic mass is 19.1. The average molecular weight is 408 g/mol. The fourth-order valence-corrected chi connectivity index (χ4v) is 3.35. The van der Waals surface area contributed by atoms with E-state index in [2.05, 4.69) is 46.2 Å². The Morgan fingerprint density at radius 1 is 1.27 bits per heavy atom. The molecule has 30 heavy (non-hydrogen) atoms. The monoisotopic (exact) mass is 408 g/mol. The van der Waals surface area contributed by atoms with Gasteiger partial charge in [-0.2, -0.15) is 0 Å². The van der Waals surface area contributed by atoms with Crippen LogP contribution >= 0.6 is 0 Å². The van der Waals surface area contributed by atoms with E-state index in [1.54, 1.807) is 0 Å². The molecule has 0 fully saturated rings. The van der Waals surface area contributed by atoms with Crippen LogP contribution in [0.1, 0.15) is 48.1 Å². The number of nitrogens with zero attached hydrogens (tertiary/aromatic N) is 3. The second-order valence-corrected chi connectivity index (χ2v) is 6.91. The molecule has 2 heterocycles. The first-order valence-corrected chi connectivity index (χ1v) is 9.67. The van der Waals surface area contributed by atoms with E-state index in [1.165, 1.54) is 25.7 Å². The van der Waals surface area contributed by atoms with Gasteiger partial charge in [0.1, 0.15) is 18.0 Å². The molecule has 1 aromatic carbocycles. The lowest BCUT2D eigenvalue weighted by molar-refractivity contribution is 0.369. The van der Waals surface area contributed by atoms with Crippen LogP contribution in [0.15, 0.2) is 42.9 Å². The molecular formula is C22H25FN6O. The summed E-state index contributed by atoms with van der Waals surface area (Å²) in [6, 6.07) is 9.29. The maximum atomic E-state index is 14.1. The van der Waals surface area contributed by atoms with Crippen molar-refractivity contribution in [2.45, 2.75) is 32.7 Å².